The van der Waals surface area contributed by atoms with E-state index in [1.165, 1.54) is 0 Å². The van der Waals surface area contributed by atoms with E-state index in [9.17, 15) is 4.79 Å². The molecule has 0 unspecified atom stereocenters. The molecule has 1 N–H and O–H groups in total. The van der Waals surface area contributed by atoms with E-state index >= 15 is 0 Å². The fourth-order valence-corrected chi connectivity index (χ4v) is 3.27. The van der Waals surface area contributed by atoms with Crippen molar-refractivity contribution in [3.05, 3.63) is 40.0 Å². The molecule has 6 nitrogen and oxygen atoms in total. The van der Waals surface area contributed by atoms with E-state index in [1.54, 1.807) is 30.7 Å². The Hall–Kier alpha value is -1.99. The van der Waals surface area contributed by atoms with Gasteiger partial charge in [0.1, 0.15) is 6.10 Å². The SMILES string of the molecule is COc1ccc([C@H]2OCC[C@@H]2NC(=O)Cc2csc(C)n2)cn1. The average molecular weight is 333 g/mol. The second-order valence-corrected chi connectivity index (χ2v) is 6.48. The molecule has 0 radical (unpaired) electrons. The first kappa shape index (κ1) is 15.9. The highest BCUT2D eigenvalue weighted by Crippen LogP contribution is 2.29. The molecule has 122 valence electrons. The van der Waals surface area contributed by atoms with Crippen LogP contribution in [0.2, 0.25) is 0 Å². The van der Waals surface area contributed by atoms with Gasteiger partial charge in [0.05, 0.1) is 30.3 Å². The molecular weight excluding hydrogens is 314 g/mol. The highest BCUT2D eigenvalue weighted by atomic mass is 32.1. The van der Waals surface area contributed by atoms with Crippen LogP contribution in [0.1, 0.15) is 28.8 Å². The molecule has 1 aliphatic rings. The standard InChI is InChI=1S/C16H19N3O3S/c1-10-18-12(9-23-10)7-14(20)19-13-5-6-22-16(13)11-3-4-15(21-2)17-8-11/h3-4,8-9,13,16H,5-7H2,1-2H3,(H,19,20)/t13-,16+/m0/s1. The smallest absolute Gasteiger partial charge is 0.226 e. The van der Waals surface area contributed by atoms with Crippen LogP contribution in [-0.4, -0.2) is 35.6 Å². The Morgan fingerprint density at radius 1 is 1.52 bits per heavy atom. The monoisotopic (exact) mass is 333 g/mol. The molecule has 1 fully saturated rings. The molecular formula is C16H19N3O3S. The Morgan fingerprint density at radius 3 is 3.04 bits per heavy atom. The summed E-state index contributed by atoms with van der Waals surface area (Å²) in [6, 6.07) is 3.68. The maximum atomic E-state index is 12.2. The highest BCUT2D eigenvalue weighted by molar-refractivity contribution is 7.09. The van der Waals surface area contributed by atoms with Crippen LogP contribution in [0.25, 0.3) is 0 Å². The number of thiazole rings is 1. The molecule has 1 aliphatic heterocycles. The summed E-state index contributed by atoms with van der Waals surface area (Å²) in [7, 11) is 1.58. The van der Waals surface area contributed by atoms with Crippen molar-refractivity contribution < 1.29 is 14.3 Å². The maximum absolute atomic E-state index is 12.2. The number of hydrogen-bond donors (Lipinski definition) is 1. The number of nitrogens with zero attached hydrogens (tertiary/aromatic N) is 2. The van der Waals surface area contributed by atoms with Crippen molar-refractivity contribution in [1.29, 1.82) is 0 Å². The van der Waals surface area contributed by atoms with Gasteiger partial charge in [0.25, 0.3) is 0 Å². The molecule has 0 aromatic carbocycles. The fraction of sp³-hybridized carbons (Fsp3) is 0.438. The van der Waals surface area contributed by atoms with E-state index in [2.05, 4.69) is 15.3 Å². The first-order valence-electron chi connectivity index (χ1n) is 7.47. The summed E-state index contributed by atoms with van der Waals surface area (Å²) in [5, 5.41) is 5.95. The molecule has 23 heavy (non-hydrogen) atoms. The van der Waals surface area contributed by atoms with Crippen LogP contribution in [0.15, 0.2) is 23.7 Å². The number of hydrogen-bond acceptors (Lipinski definition) is 6. The zero-order valence-corrected chi connectivity index (χ0v) is 13.9. The van der Waals surface area contributed by atoms with Crippen LogP contribution in [0.5, 0.6) is 5.88 Å². The number of amides is 1. The predicted octanol–water partition coefficient (Wildman–Crippen LogP) is 2.04. The van der Waals surface area contributed by atoms with Crippen LogP contribution >= 0.6 is 11.3 Å². The Balaban J connectivity index is 1.62. The van der Waals surface area contributed by atoms with E-state index in [0.29, 0.717) is 18.9 Å². The van der Waals surface area contributed by atoms with E-state index < -0.39 is 0 Å². The lowest BCUT2D eigenvalue weighted by Crippen LogP contribution is -2.37. The topological polar surface area (TPSA) is 73.3 Å². The van der Waals surface area contributed by atoms with Gasteiger partial charge in [0.2, 0.25) is 11.8 Å². The van der Waals surface area contributed by atoms with Crippen LogP contribution < -0.4 is 10.1 Å². The largest absolute Gasteiger partial charge is 0.481 e. The van der Waals surface area contributed by atoms with Crippen LogP contribution in [-0.2, 0) is 16.0 Å². The maximum Gasteiger partial charge on any atom is 0.226 e. The third-order valence-electron chi connectivity index (χ3n) is 3.74. The molecule has 0 aliphatic carbocycles. The number of carbonyl (C=O) groups excluding carboxylic acids is 1. The number of rotatable bonds is 5. The third kappa shape index (κ3) is 3.86. The Morgan fingerprint density at radius 2 is 2.39 bits per heavy atom. The minimum absolute atomic E-state index is 0.0303. The van der Waals surface area contributed by atoms with E-state index in [4.69, 9.17) is 9.47 Å². The summed E-state index contributed by atoms with van der Waals surface area (Å²) in [5.41, 5.74) is 1.75. The first-order valence-corrected chi connectivity index (χ1v) is 8.35. The number of aryl methyl sites for hydroxylation is 1. The first-order chi connectivity index (χ1) is 11.2. The van der Waals surface area contributed by atoms with Crippen molar-refractivity contribution in [2.45, 2.75) is 31.9 Å². The average Bonchev–Trinajstić information content (AvgIpc) is 3.16. The van der Waals surface area contributed by atoms with Crippen molar-refractivity contribution in [2.24, 2.45) is 0 Å². The fourth-order valence-electron chi connectivity index (χ4n) is 2.66. The molecule has 0 bridgehead atoms. The number of carbonyl (C=O) groups is 1. The number of nitrogens with one attached hydrogen (secondary N) is 1. The predicted molar refractivity (Wildman–Crippen MR) is 86.6 cm³/mol. The summed E-state index contributed by atoms with van der Waals surface area (Å²) in [6.45, 7) is 2.56. The minimum atomic E-state index is -0.172. The van der Waals surface area contributed by atoms with E-state index in [1.807, 2.05) is 18.4 Å². The van der Waals surface area contributed by atoms with E-state index in [0.717, 1.165) is 22.7 Å². The molecule has 0 saturated carbocycles. The van der Waals surface area contributed by atoms with Gasteiger partial charge < -0.3 is 14.8 Å². The molecule has 2 aromatic heterocycles. The van der Waals surface area contributed by atoms with Gasteiger partial charge in [-0.2, -0.15) is 0 Å². The Bertz CT molecular complexity index is 671. The molecule has 3 heterocycles. The molecule has 1 amide bonds. The van der Waals surface area contributed by atoms with Crippen molar-refractivity contribution in [3.8, 4) is 5.88 Å². The number of ether oxygens (including phenoxy) is 2. The summed E-state index contributed by atoms with van der Waals surface area (Å²) in [4.78, 5) is 20.7. The van der Waals surface area contributed by atoms with Gasteiger partial charge in [-0.3, -0.25) is 4.79 Å². The highest BCUT2D eigenvalue weighted by Gasteiger charge is 2.31. The zero-order chi connectivity index (χ0) is 16.2. The van der Waals surface area contributed by atoms with Gasteiger partial charge in [-0.05, 0) is 19.4 Å². The third-order valence-corrected chi connectivity index (χ3v) is 4.57. The van der Waals surface area contributed by atoms with Gasteiger partial charge >= 0.3 is 0 Å². The number of aromatic nitrogens is 2. The Kier molecular flexibility index (Phi) is 4.88. The van der Waals surface area contributed by atoms with Gasteiger partial charge in [-0.25, -0.2) is 9.97 Å². The second-order valence-electron chi connectivity index (χ2n) is 5.42. The van der Waals surface area contributed by atoms with Crippen LogP contribution in [0.3, 0.4) is 0 Å². The van der Waals surface area contributed by atoms with E-state index in [-0.39, 0.29) is 18.1 Å². The molecule has 1 saturated heterocycles. The zero-order valence-electron chi connectivity index (χ0n) is 13.1. The summed E-state index contributed by atoms with van der Waals surface area (Å²) < 4.78 is 10.8. The molecule has 2 aromatic rings. The number of pyridine rings is 1. The van der Waals surface area contributed by atoms with Gasteiger partial charge in [0, 0.05) is 29.8 Å². The van der Waals surface area contributed by atoms with Gasteiger partial charge in [0.15, 0.2) is 0 Å². The van der Waals surface area contributed by atoms with Crippen molar-refractivity contribution in [3.63, 3.8) is 0 Å². The van der Waals surface area contributed by atoms with Crippen LogP contribution in [0.4, 0.5) is 0 Å². The van der Waals surface area contributed by atoms with Crippen molar-refractivity contribution in [1.82, 2.24) is 15.3 Å². The van der Waals surface area contributed by atoms with Gasteiger partial charge in [-0.1, -0.05) is 0 Å². The summed E-state index contributed by atoms with van der Waals surface area (Å²) in [5.74, 6) is 0.531. The van der Waals surface area contributed by atoms with Crippen LogP contribution in [0, 0.1) is 6.92 Å². The van der Waals surface area contributed by atoms with Gasteiger partial charge in [-0.15, -0.1) is 11.3 Å². The number of methoxy groups -OCH3 is 1. The summed E-state index contributed by atoms with van der Waals surface area (Å²) >= 11 is 1.55. The molecule has 0 spiro atoms. The minimum Gasteiger partial charge on any atom is -0.481 e. The lowest BCUT2D eigenvalue weighted by atomic mass is 10.0. The second kappa shape index (κ2) is 7.06. The molecule has 2 atom stereocenters. The normalized spacial score (nSPS) is 20.4. The quantitative estimate of drug-likeness (QED) is 0.906. The summed E-state index contributed by atoms with van der Waals surface area (Å²) in [6.07, 6.45) is 2.65. The molecule has 7 heteroatoms. The van der Waals surface area contributed by atoms with Crippen molar-refractivity contribution >= 4 is 17.2 Å². The lowest BCUT2D eigenvalue weighted by molar-refractivity contribution is -0.121. The Labute approximate surface area is 138 Å². The molecule has 3 rings (SSSR count). The van der Waals surface area contributed by atoms with Crippen molar-refractivity contribution in [2.75, 3.05) is 13.7 Å². The lowest BCUT2D eigenvalue weighted by Gasteiger charge is -2.20.